The monoisotopic (exact) mass is 413 g/mol. The standard InChI is InChI=1S/C20H17F2N5O3/c21-10-20(14-8-29-9-16(14)30-19(24)27-20)13-6-12(3-4-15(13)22)26-18(28)17-11(7-23)2-1-5-25-17/h1-6,14,16H,8-10H2,(H2,24,27)(H,26,28)/t14-,16+,20+/m0/s1. The van der Waals surface area contributed by atoms with Crippen molar-refractivity contribution in [2.45, 2.75) is 11.6 Å². The van der Waals surface area contributed by atoms with Crippen molar-refractivity contribution in [2.75, 3.05) is 25.2 Å². The summed E-state index contributed by atoms with van der Waals surface area (Å²) in [5.74, 6) is -1.95. The summed E-state index contributed by atoms with van der Waals surface area (Å²) in [6.45, 7) is -0.715. The highest BCUT2D eigenvalue weighted by atomic mass is 19.1. The molecule has 3 atom stereocenters. The zero-order valence-electron chi connectivity index (χ0n) is 15.6. The van der Waals surface area contributed by atoms with Gasteiger partial charge in [0.25, 0.3) is 11.9 Å². The Morgan fingerprint density at radius 2 is 2.23 bits per heavy atom. The first-order valence-corrected chi connectivity index (χ1v) is 9.10. The minimum absolute atomic E-state index is 0.0731. The molecule has 4 rings (SSSR count). The van der Waals surface area contributed by atoms with Crippen LogP contribution < -0.4 is 11.1 Å². The maximum atomic E-state index is 14.8. The van der Waals surface area contributed by atoms with E-state index in [0.29, 0.717) is 0 Å². The van der Waals surface area contributed by atoms with E-state index in [-0.39, 0.29) is 41.7 Å². The zero-order valence-corrected chi connectivity index (χ0v) is 15.6. The maximum absolute atomic E-state index is 14.8. The fourth-order valence-electron chi connectivity index (χ4n) is 3.82. The van der Waals surface area contributed by atoms with E-state index < -0.39 is 36.0 Å². The van der Waals surface area contributed by atoms with Crippen molar-refractivity contribution in [1.82, 2.24) is 4.98 Å². The molecule has 154 valence electrons. The molecular formula is C20H17F2N5O3. The van der Waals surface area contributed by atoms with Crippen molar-refractivity contribution in [1.29, 1.82) is 5.26 Å². The van der Waals surface area contributed by atoms with Crippen LogP contribution in [0.5, 0.6) is 0 Å². The van der Waals surface area contributed by atoms with E-state index in [4.69, 9.17) is 20.5 Å². The molecule has 0 aliphatic carbocycles. The molecule has 10 heteroatoms. The van der Waals surface area contributed by atoms with Gasteiger partial charge in [0.15, 0.2) is 0 Å². The van der Waals surface area contributed by atoms with E-state index in [1.54, 1.807) is 0 Å². The number of nitrogens with one attached hydrogen (secondary N) is 1. The fraction of sp³-hybridized carbons (Fsp3) is 0.300. The SMILES string of the molecule is N#Cc1cccnc1C(=O)Nc1ccc(F)c([C@@]2(CF)N=C(N)O[C@@H]3COC[C@@H]32)c1. The number of halogens is 2. The van der Waals surface area contributed by atoms with E-state index >= 15 is 0 Å². The van der Waals surface area contributed by atoms with Gasteiger partial charge in [0, 0.05) is 17.4 Å². The van der Waals surface area contributed by atoms with Crippen molar-refractivity contribution in [3.63, 3.8) is 0 Å². The minimum atomic E-state index is -1.64. The Hall–Kier alpha value is -3.58. The number of carbonyl (C=O) groups excluding carboxylic acids is 1. The van der Waals surface area contributed by atoms with Crippen molar-refractivity contribution < 1.29 is 23.0 Å². The quantitative estimate of drug-likeness (QED) is 0.789. The zero-order chi connectivity index (χ0) is 21.3. The molecular weight excluding hydrogens is 396 g/mol. The normalized spacial score (nSPS) is 24.9. The van der Waals surface area contributed by atoms with Gasteiger partial charge in [-0.1, -0.05) is 0 Å². The molecule has 1 aromatic heterocycles. The summed E-state index contributed by atoms with van der Waals surface area (Å²) in [5, 5.41) is 11.7. The summed E-state index contributed by atoms with van der Waals surface area (Å²) in [4.78, 5) is 20.6. The fourth-order valence-corrected chi connectivity index (χ4v) is 3.82. The molecule has 1 amide bonds. The van der Waals surface area contributed by atoms with Gasteiger partial charge in [-0.25, -0.2) is 18.8 Å². The van der Waals surface area contributed by atoms with Crippen molar-refractivity contribution in [2.24, 2.45) is 16.6 Å². The predicted octanol–water partition coefficient (Wildman–Crippen LogP) is 1.87. The van der Waals surface area contributed by atoms with Gasteiger partial charge in [-0.3, -0.25) is 4.79 Å². The van der Waals surface area contributed by atoms with Crippen LogP contribution in [-0.2, 0) is 15.0 Å². The number of nitrogens with two attached hydrogens (primary N) is 1. The van der Waals surface area contributed by atoms with Crippen LogP contribution >= 0.6 is 0 Å². The smallest absolute Gasteiger partial charge is 0.283 e. The molecule has 0 spiro atoms. The number of hydrogen-bond acceptors (Lipinski definition) is 7. The number of rotatable bonds is 4. The summed E-state index contributed by atoms with van der Waals surface area (Å²) in [6, 6.07) is 8.36. The summed E-state index contributed by atoms with van der Waals surface area (Å²) >= 11 is 0. The largest absolute Gasteiger partial charge is 0.459 e. The summed E-state index contributed by atoms with van der Waals surface area (Å²) in [7, 11) is 0. The molecule has 1 saturated heterocycles. The Bertz CT molecular complexity index is 1070. The molecule has 1 aromatic carbocycles. The van der Waals surface area contributed by atoms with Crippen molar-refractivity contribution in [3.05, 3.63) is 59.2 Å². The number of carbonyl (C=O) groups is 1. The van der Waals surface area contributed by atoms with Gasteiger partial charge < -0.3 is 20.5 Å². The van der Waals surface area contributed by atoms with Gasteiger partial charge >= 0.3 is 0 Å². The molecule has 8 nitrogen and oxygen atoms in total. The van der Waals surface area contributed by atoms with Gasteiger partial charge in [-0.15, -0.1) is 0 Å². The molecule has 1 fully saturated rings. The molecule has 30 heavy (non-hydrogen) atoms. The second-order valence-corrected chi connectivity index (χ2v) is 6.97. The Balaban J connectivity index is 1.72. The van der Waals surface area contributed by atoms with Crippen LogP contribution in [0.1, 0.15) is 21.6 Å². The van der Waals surface area contributed by atoms with Crippen LogP contribution in [0.4, 0.5) is 14.5 Å². The third-order valence-electron chi connectivity index (χ3n) is 5.26. The molecule has 3 N–H and O–H groups in total. The molecule has 0 bridgehead atoms. The topological polar surface area (TPSA) is 123 Å². The Labute approximate surface area is 170 Å². The average molecular weight is 413 g/mol. The number of nitriles is 1. The van der Waals surface area contributed by atoms with Crippen LogP contribution in [0.2, 0.25) is 0 Å². The number of pyridine rings is 1. The number of hydrogen-bond donors (Lipinski definition) is 2. The van der Waals surface area contributed by atoms with Crippen molar-refractivity contribution in [3.8, 4) is 6.07 Å². The first kappa shape index (κ1) is 19.7. The van der Waals surface area contributed by atoms with Crippen molar-refractivity contribution >= 4 is 17.6 Å². The van der Waals surface area contributed by atoms with Crippen LogP contribution in [0.25, 0.3) is 0 Å². The number of aliphatic imine (C=N–C) groups is 1. The number of anilines is 1. The second kappa shape index (κ2) is 7.68. The number of nitrogens with zero attached hydrogens (tertiary/aromatic N) is 3. The number of benzene rings is 1. The average Bonchev–Trinajstić information content (AvgIpc) is 3.23. The van der Waals surface area contributed by atoms with Gasteiger partial charge in [-0.05, 0) is 30.3 Å². The molecule has 3 heterocycles. The Morgan fingerprint density at radius 1 is 1.40 bits per heavy atom. The summed E-state index contributed by atoms with van der Waals surface area (Å²) < 4.78 is 40.0. The molecule has 2 aliphatic rings. The first-order valence-electron chi connectivity index (χ1n) is 9.10. The lowest BCUT2D eigenvalue weighted by molar-refractivity contribution is 0.0614. The van der Waals surface area contributed by atoms with E-state index in [1.165, 1.54) is 30.5 Å². The third kappa shape index (κ3) is 3.23. The van der Waals surface area contributed by atoms with E-state index in [9.17, 15) is 13.6 Å². The van der Waals surface area contributed by atoms with Gasteiger partial charge in [-0.2, -0.15) is 5.26 Å². The highest BCUT2D eigenvalue weighted by molar-refractivity contribution is 6.04. The summed E-state index contributed by atoms with van der Waals surface area (Å²) in [5.41, 5.74) is 4.21. The van der Waals surface area contributed by atoms with Crippen LogP contribution in [0, 0.1) is 23.1 Å². The highest BCUT2D eigenvalue weighted by Crippen LogP contribution is 2.44. The molecule has 0 saturated carbocycles. The van der Waals surface area contributed by atoms with E-state index in [0.717, 1.165) is 6.07 Å². The first-order chi connectivity index (χ1) is 14.5. The maximum Gasteiger partial charge on any atom is 0.283 e. The lowest BCUT2D eigenvalue weighted by Gasteiger charge is -2.39. The number of fused-ring (bicyclic) bond motifs is 1. The summed E-state index contributed by atoms with van der Waals surface area (Å²) in [6.07, 6.45) is 0.826. The number of amides is 1. The van der Waals surface area contributed by atoms with Crippen LogP contribution in [0.3, 0.4) is 0 Å². The second-order valence-electron chi connectivity index (χ2n) is 6.97. The number of alkyl halides is 1. The Morgan fingerprint density at radius 3 is 3.00 bits per heavy atom. The van der Waals surface area contributed by atoms with Crippen LogP contribution in [0.15, 0.2) is 41.5 Å². The number of aromatic nitrogens is 1. The van der Waals surface area contributed by atoms with Gasteiger partial charge in [0.05, 0.1) is 24.7 Å². The van der Waals surface area contributed by atoms with E-state index in [1.807, 2.05) is 6.07 Å². The molecule has 2 aliphatic heterocycles. The minimum Gasteiger partial charge on any atom is -0.459 e. The van der Waals surface area contributed by atoms with Gasteiger partial charge in [0.1, 0.15) is 35.9 Å². The predicted molar refractivity (Wildman–Crippen MR) is 102 cm³/mol. The molecule has 0 radical (unpaired) electrons. The lowest BCUT2D eigenvalue weighted by atomic mass is 9.76. The van der Waals surface area contributed by atoms with Crippen LogP contribution in [-0.4, -0.2) is 42.9 Å². The molecule has 2 aromatic rings. The number of ether oxygens (including phenoxy) is 2. The Kier molecular flexibility index (Phi) is 5.05. The highest BCUT2D eigenvalue weighted by Gasteiger charge is 2.53. The lowest BCUT2D eigenvalue weighted by Crippen LogP contribution is -2.50. The van der Waals surface area contributed by atoms with Gasteiger partial charge in [0.2, 0.25) is 0 Å². The van der Waals surface area contributed by atoms with E-state index in [2.05, 4.69) is 15.3 Å². The third-order valence-corrected chi connectivity index (χ3v) is 5.26. The molecule has 0 unspecified atom stereocenters. The number of amidine groups is 1.